The van der Waals surface area contributed by atoms with Gasteiger partial charge in [-0.15, -0.1) is 6.58 Å². The lowest BCUT2D eigenvalue weighted by Crippen LogP contribution is -2.20. The Morgan fingerprint density at radius 1 is 1.38 bits per heavy atom. The van der Waals surface area contributed by atoms with E-state index < -0.39 is 33.3 Å². The van der Waals surface area contributed by atoms with Gasteiger partial charge in [-0.25, -0.2) is 13.0 Å². The van der Waals surface area contributed by atoms with Crippen LogP contribution in [0.25, 0.3) is 0 Å². The molecule has 0 saturated heterocycles. The van der Waals surface area contributed by atoms with Crippen molar-refractivity contribution in [1.82, 2.24) is 0 Å². The molecule has 0 N–H and O–H groups in total. The van der Waals surface area contributed by atoms with Crippen LogP contribution in [0.1, 0.15) is 45.1 Å². The van der Waals surface area contributed by atoms with Crippen LogP contribution in [0.5, 0.6) is 0 Å². The standard InChI is InChI=1S/C16H21F2NOS/c1-5-6-8-12(11-19-21(20)16(2,3)4)13-9-7-10-14(17)15(13)18/h5,7,9-12H,1,6,8H2,2-4H3. The molecule has 0 bridgehead atoms. The van der Waals surface area contributed by atoms with Crippen LogP contribution < -0.4 is 0 Å². The summed E-state index contributed by atoms with van der Waals surface area (Å²) in [5.41, 5.74) is 0.228. The van der Waals surface area contributed by atoms with Crippen molar-refractivity contribution in [2.45, 2.75) is 44.3 Å². The second-order valence-electron chi connectivity index (χ2n) is 5.73. The van der Waals surface area contributed by atoms with Crippen molar-refractivity contribution in [3.05, 3.63) is 48.1 Å². The monoisotopic (exact) mass is 313 g/mol. The minimum Gasteiger partial charge on any atom is -0.234 e. The van der Waals surface area contributed by atoms with E-state index in [1.165, 1.54) is 18.3 Å². The number of halogens is 2. The average Bonchev–Trinajstić information content (AvgIpc) is 2.41. The highest BCUT2D eigenvalue weighted by Crippen LogP contribution is 2.25. The van der Waals surface area contributed by atoms with Gasteiger partial charge in [0.1, 0.15) is 11.0 Å². The molecule has 0 spiro atoms. The Kier molecular flexibility index (Phi) is 6.40. The minimum absolute atomic E-state index is 0.228. The van der Waals surface area contributed by atoms with Crippen molar-refractivity contribution >= 4 is 17.2 Å². The summed E-state index contributed by atoms with van der Waals surface area (Å²) in [4.78, 5) is 0. The van der Waals surface area contributed by atoms with E-state index in [0.29, 0.717) is 12.8 Å². The predicted octanol–water partition coefficient (Wildman–Crippen LogP) is 4.55. The first-order valence-electron chi connectivity index (χ1n) is 6.78. The van der Waals surface area contributed by atoms with Gasteiger partial charge in [0.15, 0.2) is 11.6 Å². The fourth-order valence-electron chi connectivity index (χ4n) is 1.70. The molecule has 116 valence electrons. The van der Waals surface area contributed by atoms with Crippen LogP contribution in [0.3, 0.4) is 0 Å². The number of hydrogen-bond acceptors (Lipinski definition) is 1. The molecule has 0 aromatic heterocycles. The van der Waals surface area contributed by atoms with Crippen LogP contribution >= 0.6 is 0 Å². The van der Waals surface area contributed by atoms with Crippen LogP contribution in [-0.4, -0.2) is 15.2 Å². The topological polar surface area (TPSA) is 29.4 Å². The number of hydrogen-bond donors (Lipinski definition) is 0. The van der Waals surface area contributed by atoms with Crippen molar-refractivity contribution in [2.24, 2.45) is 4.40 Å². The zero-order valence-corrected chi connectivity index (χ0v) is 13.4. The molecule has 0 saturated carbocycles. The second kappa shape index (κ2) is 7.59. The minimum atomic E-state index is -1.42. The molecular weight excluding hydrogens is 292 g/mol. The summed E-state index contributed by atoms with van der Waals surface area (Å²) in [7, 11) is -1.42. The number of benzene rings is 1. The smallest absolute Gasteiger partial charge is 0.162 e. The fourth-order valence-corrected chi connectivity index (χ4v) is 2.28. The molecule has 1 aromatic rings. The van der Waals surface area contributed by atoms with Gasteiger partial charge in [-0.1, -0.05) is 18.2 Å². The van der Waals surface area contributed by atoms with E-state index in [4.69, 9.17) is 0 Å². The summed E-state index contributed by atoms with van der Waals surface area (Å²) >= 11 is 0. The summed E-state index contributed by atoms with van der Waals surface area (Å²) in [6.45, 7) is 9.05. The number of rotatable bonds is 6. The molecule has 21 heavy (non-hydrogen) atoms. The van der Waals surface area contributed by atoms with E-state index in [1.807, 2.05) is 20.8 Å². The highest BCUT2D eigenvalue weighted by molar-refractivity contribution is 7.85. The molecule has 0 fully saturated rings. The van der Waals surface area contributed by atoms with Gasteiger partial charge in [0.2, 0.25) is 0 Å². The molecule has 2 atom stereocenters. The van der Waals surface area contributed by atoms with Crippen LogP contribution in [0.15, 0.2) is 35.3 Å². The Hall–Kier alpha value is -1.36. The van der Waals surface area contributed by atoms with Gasteiger partial charge in [0.25, 0.3) is 0 Å². The van der Waals surface area contributed by atoms with E-state index in [2.05, 4.69) is 11.0 Å². The molecule has 1 aromatic carbocycles. The molecule has 2 nitrogen and oxygen atoms in total. The fraction of sp³-hybridized carbons (Fsp3) is 0.438. The number of allylic oxidation sites excluding steroid dienone is 1. The highest BCUT2D eigenvalue weighted by atomic mass is 32.2. The lowest BCUT2D eigenvalue weighted by Gasteiger charge is -2.16. The first kappa shape index (κ1) is 17.7. The normalized spacial score (nSPS) is 15.1. The third-order valence-corrected chi connectivity index (χ3v) is 4.28. The number of nitrogens with zero attached hydrogens (tertiary/aromatic N) is 1. The Morgan fingerprint density at radius 2 is 2.05 bits per heavy atom. The molecule has 0 radical (unpaired) electrons. The van der Waals surface area contributed by atoms with Crippen LogP contribution in [0.2, 0.25) is 0 Å². The van der Waals surface area contributed by atoms with E-state index in [1.54, 1.807) is 6.08 Å². The molecule has 0 amide bonds. The maximum Gasteiger partial charge on any atom is 0.162 e. The van der Waals surface area contributed by atoms with Gasteiger partial charge >= 0.3 is 0 Å². The third-order valence-electron chi connectivity index (χ3n) is 2.92. The third kappa shape index (κ3) is 5.16. The van der Waals surface area contributed by atoms with Crippen molar-refractivity contribution in [2.75, 3.05) is 0 Å². The quantitative estimate of drug-likeness (QED) is 0.560. The summed E-state index contributed by atoms with van der Waals surface area (Å²) in [6.07, 6.45) is 4.34. The summed E-state index contributed by atoms with van der Waals surface area (Å²) < 4.78 is 42.7. The molecule has 0 heterocycles. The molecule has 2 unspecified atom stereocenters. The largest absolute Gasteiger partial charge is 0.234 e. The SMILES string of the molecule is C=CCCC(C=NS(=O)C(C)(C)C)c1cccc(F)c1F. The predicted molar refractivity (Wildman–Crippen MR) is 84.9 cm³/mol. The molecule has 1 rings (SSSR count). The van der Waals surface area contributed by atoms with Crippen molar-refractivity contribution < 1.29 is 13.0 Å². The molecule has 0 aliphatic heterocycles. The van der Waals surface area contributed by atoms with E-state index in [0.717, 1.165) is 6.07 Å². The van der Waals surface area contributed by atoms with Crippen molar-refractivity contribution in [3.8, 4) is 0 Å². The van der Waals surface area contributed by atoms with Crippen LogP contribution in [0, 0.1) is 11.6 Å². The lowest BCUT2D eigenvalue weighted by atomic mass is 9.95. The van der Waals surface area contributed by atoms with Gasteiger partial charge in [0, 0.05) is 12.1 Å². The Balaban J connectivity index is 3.06. The molecule has 0 aliphatic rings. The molecule has 5 heteroatoms. The first-order chi connectivity index (χ1) is 9.77. The van der Waals surface area contributed by atoms with Gasteiger partial charge < -0.3 is 0 Å². The first-order valence-corrected chi connectivity index (χ1v) is 7.89. The van der Waals surface area contributed by atoms with E-state index >= 15 is 0 Å². The highest BCUT2D eigenvalue weighted by Gasteiger charge is 2.20. The average molecular weight is 313 g/mol. The van der Waals surface area contributed by atoms with Gasteiger partial charge in [-0.2, -0.15) is 4.40 Å². The summed E-state index contributed by atoms with van der Waals surface area (Å²) in [5, 5.41) is 0. The second-order valence-corrected chi connectivity index (χ2v) is 7.67. The van der Waals surface area contributed by atoms with E-state index in [9.17, 15) is 13.0 Å². The van der Waals surface area contributed by atoms with Gasteiger partial charge in [0.05, 0.1) is 4.75 Å². The van der Waals surface area contributed by atoms with Gasteiger partial charge in [-0.3, -0.25) is 0 Å². The Bertz CT molecular complexity index is 550. The zero-order chi connectivity index (χ0) is 16.0. The Labute approximate surface area is 127 Å². The van der Waals surface area contributed by atoms with Crippen molar-refractivity contribution in [1.29, 1.82) is 0 Å². The molecular formula is C16H21F2NOS. The molecule has 0 aliphatic carbocycles. The van der Waals surface area contributed by atoms with Crippen LogP contribution in [0.4, 0.5) is 8.78 Å². The van der Waals surface area contributed by atoms with E-state index in [-0.39, 0.29) is 5.56 Å². The maximum atomic E-state index is 13.9. The summed E-state index contributed by atoms with van der Waals surface area (Å²) in [5.74, 6) is -2.19. The zero-order valence-electron chi connectivity index (χ0n) is 12.6. The van der Waals surface area contributed by atoms with Crippen molar-refractivity contribution in [3.63, 3.8) is 0 Å². The maximum absolute atomic E-state index is 13.9. The van der Waals surface area contributed by atoms with Gasteiger partial charge in [-0.05, 0) is 45.2 Å². The van der Waals surface area contributed by atoms with Crippen LogP contribution in [-0.2, 0) is 11.0 Å². The lowest BCUT2D eigenvalue weighted by molar-refractivity contribution is 0.495. The summed E-state index contributed by atoms with van der Waals surface area (Å²) in [6, 6.07) is 4.06. The Morgan fingerprint density at radius 3 is 2.62 bits per heavy atom.